The topological polar surface area (TPSA) is 79.3 Å². The van der Waals surface area contributed by atoms with Gasteiger partial charge in [-0.1, -0.05) is 23.7 Å². The third kappa shape index (κ3) is 3.44. The zero-order valence-electron chi connectivity index (χ0n) is 9.75. The van der Waals surface area contributed by atoms with E-state index >= 15 is 0 Å². The van der Waals surface area contributed by atoms with Crippen LogP contribution in [0.15, 0.2) is 47.5 Å². The van der Waals surface area contributed by atoms with Crippen LogP contribution in [-0.4, -0.2) is 18.5 Å². The molecule has 0 bridgehead atoms. The molecule has 0 spiro atoms. The summed E-state index contributed by atoms with van der Waals surface area (Å²) in [4.78, 5) is 3.76. The predicted molar refractivity (Wildman–Crippen MR) is 72.4 cm³/mol. The van der Waals surface area contributed by atoms with Crippen molar-refractivity contribution >= 4 is 27.3 Å². The fraction of sp³-hybridized carbons (Fsp3) is 0.0833. The van der Waals surface area contributed by atoms with Crippen molar-refractivity contribution in [3.63, 3.8) is 0 Å². The van der Waals surface area contributed by atoms with Gasteiger partial charge in [-0.2, -0.15) is 0 Å². The van der Waals surface area contributed by atoms with Crippen LogP contribution in [-0.2, 0) is 16.6 Å². The second-order valence-corrected chi connectivity index (χ2v) is 5.85. The fourth-order valence-corrected chi connectivity index (χ4v) is 2.80. The molecule has 0 unspecified atom stereocenters. The zero-order valence-corrected chi connectivity index (χ0v) is 11.3. The summed E-state index contributed by atoms with van der Waals surface area (Å²) >= 11 is 5.67. The summed E-state index contributed by atoms with van der Waals surface area (Å²) in [7, 11) is -3.72. The normalized spacial score (nSPS) is 11.3. The van der Waals surface area contributed by atoms with Crippen molar-refractivity contribution in [2.24, 2.45) is 0 Å². The maximum Gasteiger partial charge on any atom is 0.262 e. The summed E-state index contributed by atoms with van der Waals surface area (Å²) in [6.07, 6.45) is 1.32. The van der Waals surface area contributed by atoms with Gasteiger partial charge in [-0.05, 0) is 29.8 Å². The number of halogens is 1. The molecule has 0 aliphatic heterocycles. The van der Waals surface area contributed by atoms with Gasteiger partial charge >= 0.3 is 0 Å². The van der Waals surface area contributed by atoms with Crippen molar-refractivity contribution in [1.82, 2.24) is 4.98 Å². The number of nitrogens with one attached hydrogen (secondary N) is 1. The average Bonchev–Trinajstić information content (AvgIpc) is 2.38. The Kier molecular flexibility index (Phi) is 4.04. The Labute approximate surface area is 115 Å². The van der Waals surface area contributed by atoms with Gasteiger partial charge < -0.3 is 5.11 Å². The van der Waals surface area contributed by atoms with Crippen LogP contribution >= 0.6 is 11.6 Å². The Morgan fingerprint density at radius 1 is 1.26 bits per heavy atom. The maximum absolute atomic E-state index is 12.1. The standard InChI is InChI=1S/C12H11ClN2O3S/c13-12-7-11(4-5-14-12)19(17,18)15-10-3-1-2-9(6-10)8-16/h1-7,15-16H,8H2. The van der Waals surface area contributed by atoms with Crippen LogP contribution in [0, 0.1) is 0 Å². The van der Waals surface area contributed by atoms with E-state index in [4.69, 9.17) is 16.7 Å². The number of aromatic nitrogens is 1. The molecule has 0 amide bonds. The van der Waals surface area contributed by atoms with Crippen LogP contribution in [0.1, 0.15) is 5.56 Å². The molecule has 1 heterocycles. The van der Waals surface area contributed by atoms with Gasteiger partial charge in [0.2, 0.25) is 0 Å². The summed E-state index contributed by atoms with van der Waals surface area (Å²) in [6, 6.07) is 9.12. The summed E-state index contributed by atoms with van der Waals surface area (Å²) in [6.45, 7) is -0.156. The van der Waals surface area contributed by atoms with Crippen LogP contribution in [0.25, 0.3) is 0 Å². The van der Waals surface area contributed by atoms with E-state index in [0.29, 0.717) is 11.3 Å². The lowest BCUT2D eigenvalue weighted by atomic mass is 10.2. The van der Waals surface area contributed by atoms with Gasteiger partial charge in [0, 0.05) is 11.9 Å². The van der Waals surface area contributed by atoms with Gasteiger partial charge in [0.1, 0.15) is 5.15 Å². The molecule has 1 aromatic heterocycles. The molecule has 100 valence electrons. The fourth-order valence-electron chi connectivity index (χ4n) is 1.50. The first kappa shape index (κ1) is 13.8. The number of hydrogen-bond donors (Lipinski definition) is 2. The van der Waals surface area contributed by atoms with Gasteiger partial charge in [0.05, 0.1) is 11.5 Å². The first-order chi connectivity index (χ1) is 9.01. The Balaban J connectivity index is 2.31. The molecule has 0 radical (unpaired) electrons. The van der Waals surface area contributed by atoms with E-state index in [1.807, 2.05) is 0 Å². The highest BCUT2D eigenvalue weighted by Gasteiger charge is 2.14. The highest BCUT2D eigenvalue weighted by molar-refractivity contribution is 7.92. The highest BCUT2D eigenvalue weighted by atomic mass is 35.5. The molecule has 0 aliphatic carbocycles. The molecule has 2 N–H and O–H groups in total. The molecule has 0 atom stereocenters. The molecule has 0 saturated heterocycles. The van der Waals surface area contributed by atoms with Crippen molar-refractivity contribution in [3.05, 3.63) is 53.3 Å². The van der Waals surface area contributed by atoms with Crippen LogP contribution < -0.4 is 4.72 Å². The van der Waals surface area contributed by atoms with Gasteiger partial charge in [0.15, 0.2) is 0 Å². The SMILES string of the molecule is O=S(=O)(Nc1cccc(CO)c1)c1ccnc(Cl)c1. The van der Waals surface area contributed by atoms with Gasteiger partial charge in [-0.25, -0.2) is 13.4 Å². The highest BCUT2D eigenvalue weighted by Crippen LogP contribution is 2.18. The van der Waals surface area contributed by atoms with Gasteiger partial charge in [0.25, 0.3) is 10.0 Å². The second kappa shape index (κ2) is 5.56. The van der Waals surface area contributed by atoms with Crippen molar-refractivity contribution in [3.8, 4) is 0 Å². The number of benzene rings is 1. The van der Waals surface area contributed by atoms with Gasteiger partial charge in [-0.15, -0.1) is 0 Å². The molecule has 0 saturated carbocycles. The van der Waals surface area contributed by atoms with E-state index < -0.39 is 10.0 Å². The number of anilines is 1. The van der Waals surface area contributed by atoms with Crippen molar-refractivity contribution < 1.29 is 13.5 Å². The Morgan fingerprint density at radius 2 is 2.05 bits per heavy atom. The van der Waals surface area contributed by atoms with Crippen LogP contribution in [0.2, 0.25) is 5.15 Å². The zero-order chi connectivity index (χ0) is 13.9. The molecule has 1 aromatic carbocycles. The minimum absolute atomic E-state index is 0.0295. The third-order valence-corrected chi connectivity index (χ3v) is 3.96. The third-order valence-electron chi connectivity index (χ3n) is 2.37. The van der Waals surface area contributed by atoms with E-state index in [2.05, 4.69) is 9.71 Å². The van der Waals surface area contributed by atoms with E-state index in [-0.39, 0.29) is 16.7 Å². The van der Waals surface area contributed by atoms with Crippen molar-refractivity contribution in [1.29, 1.82) is 0 Å². The molecule has 7 heteroatoms. The molecule has 2 aromatic rings. The lowest BCUT2D eigenvalue weighted by Gasteiger charge is -2.09. The van der Waals surface area contributed by atoms with E-state index in [0.717, 1.165) is 0 Å². The number of aliphatic hydroxyl groups is 1. The average molecular weight is 299 g/mol. The number of pyridine rings is 1. The van der Waals surface area contributed by atoms with E-state index in [1.165, 1.54) is 18.3 Å². The van der Waals surface area contributed by atoms with Crippen molar-refractivity contribution in [2.75, 3.05) is 4.72 Å². The summed E-state index contributed by atoms with van der Waals surface area (Å²) in [5, 5.41) is 9.11. The molecule has 0 fully saturated rings. The smallest absolute Gasteiger partial charge is 0.262 e. The van der Waals surface area contributed by atoms with E-state index in [1.54, 1.807) is 24.3 Å². The molecular formula is C12H11ClN2O3S. The van der Waals surface area contributed by atoms with Crippen molar-refractivity contribution in [2.45, 2.75) is 11.5 Å². The first-order valence-corrected chi connectivity index (χ1v) is 7.21. The summed E-state index contributed by atoms with van der Waals surface area (Å²) in [5.74, 6) is 0. The summed E-state index contributed by atoms with van der Waals surface area (Å²) < 4.78 is 26.6. The van der Waals surface area contributed by atoms with Crippen LogP contribution in [0.3, 0.4) is 0 Å². The number of hydrogen-bond acceptors (Lipinski definition) is 4. The molecule has 0 aliphatic rings. The largest absolute Gasteiger partial charge is 0.392 e. The first-order valence-electron chi connectivity index (χ1n) is 5.35. The molecular weight excluding hydrogens is 288 g/mol. The number of aliphatic hydroxyl groups excluding tert-OH is 1. The molecule has 2 rings (SSSR count). The Bertz CT molecular complexity index is 689. The predicted octanol–water partition coefficient (Wildman–Crippen LogP) is 2.03. The summed E-state index contributed by atoms with van der Waals surface area (Å²) in [5.41, 5.74) is 0.993. The Morgan fingerprint density at radius 3 is 2.74 bits per heavy atom. The monoisotopic (exact) mass is 298 g/mol. The minimum atomic E-state index is -3.72. The van der Waals surface area contributed by atoms with E-state index in [9.17, 15) is 8.42 Å². The minimum Gasteiger partial charge on any atom is -0.392 e. The second-order valence-electron chi connectivity index (χ2n) is 3.78. The molecule has 5 nitrogen and oxygen atoms in total. The lowest BCUT2D eigenvalue weighted by molar-refractivity contribution is 0.282. The number of nitrogens with zero attached hydrogens (tertiary/aromatic N) is 1. The maximum atomic E-state index is 12.1. The van der Waals surface area contributed by atoms with Crippen LogP contribution in [0.4, 0.5) is 5.69 Å². The van der Waals surface area contributed by atoms with Gasteiger partial charge in [-0.3, -0.25) is 4.72 Å². The number of rotatable bonds is 4. The Hall–Kier alpha value is -1.63. The van der Waals surface area contributed by atoms with Crippen LogP contribution in [0.5, 0.6) is 0 Å². The number of sulfonamides is 1. The molecule has 19 heavy (non-hydrogen) atoms. The lowest BCUT2D eigenvalue weighted by Crippen LogP contribution is -2.13. The quantitative estimate of drug-likeness (QED) is 0.847.